The Morgan fingerprint density at radius 2 is 1.44 bits per heavy atom. The van der Waals surface area contributed by atoms with E-state index in [1.165, 1.54) is 0 Å². The van der Waals surface area contributed by atoms with E-state index >= 15 is 0 Å². The quantitative estimate of drug-likeness (QED) is 0.462. The van der Waals surface area contributed by atoms with Gasteiger partial charge in [-0.05, 0) is 36.1 Å². The molecule has 176 valence electrons. The Kier molecular flexibility index (Phi) is 7.43. The van der Waals surface area contributed by atoms with Gasteiger partial charge in [0, 0.05) is 25.6 Å². The summed E-state index contributed by atoms with van der Waals surface area (Å²) in [5.74, 6) is 0.501. The summed E-state index contributed by atoms with van der Waals surface area (Å²) < 4.78 is 26.9. The molecule has 6 nitrogen and oxygen atoms in total. The molecular weight excluding hydrogens is 446 g/mol. The fourth-order valence-corrected chi connectivity index (χ4v) is 5.49. The molecule has 4 rings (SSSR count). The summed E-state index contributed by atoms with van der Waals surface area (Å²) in [5, 5.41) is 0. The van der Waals surface area contributed by atoms with E-state index in [0.29, 0.717) is 24.4 Å². The molecule has 0 spiro atoms. The highest BCUT2D eigenvalue weighted by atomic mass is 32.2. The average molecular weight is 476 g/mol. The Hall–Kier alpha value is -3.45. The number of amidine groups is 1. The summed E-state index contributed by atoms with van der Waals surface area (Å²) in [6.45, 7) is 0.507. The predicted octanol–water partition coefficient (Wildman–Crippen LogP) is 4.53. The van der Waals surface area contributed by atoms with Crippen LogP contribution in [0, 0.1) is 0 Å². The molecule has 0 radical (unpaired) electrons. The highest BCUT2D eigenvalue weighted by Crippen LogP contribution is 2.28. The molecule has 0 aromatic heterocycles. The van der Waals surface area contributed by atoms with Crippen LogP contribution >= 0.6 is 0 Å². The van der Waals surface area contributed by atoms with Crippen molar-refractivity contribution in [1.82, 2.24) is 9.62 Å². The van der Waals surface area contributed by atoms with Crippen molar-refractivity contribution < 1.29 is 13.2 Å². The lowest BCUT2D eigenvalue weighted by atomic mass is 9.97. The van der Waals surface area contributed by atoms with Crippen LogP contribution in [0.2, 0.25) is 0 Å². The zero-order valence-electron chi connectivity index (χ0n) is 19.2. The summed E-state index contributed by atoms with van der Waals surface area (Å²) in [7, 11) is -1.64. The van der Waals surface area contributed by atoms with Crippen molar-refractivity contribution >= 4 is 21.8 Å². The third-order valence-electron chi connectivity index (χ3n) is 5.99. The lowest BCUT2D eigenvalue weighted by Crippen LogP contribution is -2.31. The van der Waals surface area contributed by atoms with Crippen molar-refractivity contribution in [1.29, 1.82) is 0 Å². The van der Waals surface area contributed by atoms with Crippen molar-refractivity contribution in [2.24, 2.45) is 4.99 Å². The van der Waals surface area contributed by atoms with Gasteiger partial charge in [-0.1, -0.05) is 79.2 Å². The zero-order chi connectivity index (χ0) is 24.0. The van der Waals surface area contributed by atoms with Gasteiger partial charge in [0.1, 0.15) is 5.84 Å². The summed E-state index contributed by atoms with van der Waals surface area (Å²) in [6, 6.07) is 26.9. The van der Waals surface area contributed by atoms with E-state index in [1.807, 2.05) is 48.3 Å². The molecular formula is C27H29N3O3S. The van der Waals surface area contributed by atoms with Gasteiger partial charge in [-0.2, -0.15) is 0 Å². The maximum absolute atomic E-state index is 13.0. The first kappa shape index (κ1) is 23.7. The second-order valence-corrected chi connectivity index (χ2v) is 10.0. The van der Waals surface area contributed by atoms with Crippen molar-refractivity contribution in [3.05, 3.63) is 102 Å². The van der Waals surface area contributed by atoms with Crippen LogP contribution in [0.1, 0.15) is 48.4 Å². The standard InChI is InChI=1S/C27H29N3O3S/c1-30(26(21-13-5-2-6-14-21)22-15-7-3-8-16-22)25(31)19-9-4-12-20-28-27-23-17-10-11-18-24(23)34(32,33)29-27/h2-3,5-8,10-11,13-18,26H,4,9,12,19-20H2,1H3,(H,28,29). The summed E-state index contributed by atoms with van der Waals surface area (Å²) in [4.78, 5) is 19.6. The number of carbonyl (C=O) groups is 1. The molecule has 1 aliphatic heterocycles. The molecule has 0 bridgehead atoms. The fourth-order valence-electron chi connectivity index (χ4n) is 4.24. The second-order valence-electron chi connectivity index (χ2n) is 8.37. The number of amides is 1. The topological polar surface area (TPSA) is 78.8 Å². The van der Waals surface area contributed by atoms with Crippen LogP contribution in [0.4, 0.5) is 0 Å². The lowest BCUT2D eigenvalue weighted by Gasteiger charge is -2.29. The monoisotopic (exact) mass is 475 g/mol. The predicted molar refractivity (Wildman–Crippen MR) is 134 cm³/mol. The number of hydrogen-bond donors (Lipinski definition) is 1. The normalized spacial score (nSPS) is 15.2. The third kappa shape index (κ3) is 5.37. The van der Waals surface area contributed by atoms with Crippen LogP contribution in [-0.4, -0.2) is 38.7 Å². The van der Waals surface area contributed by atoms with Gasteiger partial charge >= 0.3 is 0 Å². The molecule has 3 aromatic rings. The molecule has 7 heteroatoms. The molecule has 1 amide bonds. The molecule has 1 heterocycles. The largest absolute Gasteiger partial charge is 0.335 e. The fraction of sp³-hybridized carbons (Fsp3) is 0.259. The summed E-state index contributed by atoms with van der Waals surface area (Å²) in [6.07, 6.45) is 2.84. The van der Waals surface area contributed by atoms with Crippen LogP contribution in [-0.2, 0) is 14.8 Å². The highest BCUT2D eigenvalue weighted by molar-refractivity contribution is 7.90. The minimum absolute atomic E-state index is 0.0986. The molecule has 3 aromatic carbocycles. The van der Waals surface area contributed by atoms with Crippen LogP contribution in [0.15, 0.2) is 94.8 Å². The van der Waals surface area contributed by atoms with Gasteiger partial charge in [0.25, 0.3) is 10.0 Å². The van der Waals surface area contributed by atoms with Gasteiger partial charge in [0.15, 0.2) is 0 Å². The third-order valence-corrected chi connectivity index (χ3v) is 7.39. The number of sulfonamides is 1. The van der Waals surface area contributed by atoms with Crippen LogP contribution in [0.3, 0.4) is 0 Å². The number of benzene rings is 3. The molecule has 34 heavy (non-hydrogen) atoms. The Bertz CT molecular complexity index is 1220. The number of nitrogens with zero attached hydrogens (tertiary/aromatic N) is 2. The molecule has 0 atom stereocenters. The number of rotatable bonds is 9. The molecule has 1 N–H and O–H groups in total. The van der Waals surface area contributed by atoms with Crippen LogP contribution < -0.4 is 4.72 Å². The van der Waals surface area contributed by atoms with E-state index in [0.717, 1.165) is 30.4 Å². The van der Waals surface area contributed by atoms with Crippen molar-refractivity contribution in [2.45, 2.75) is 36.6 Å². The lowest BCUT2D eigenvalue weighted by molar-refractivity contribution is -0.131. The van der Waals surface area contributed by atoms with Crippen LogP contribution in [0.25, 0.3) is 0 Å². The van der Waals surface area contributed by atoms with Crippen molar-refractivity contribution in [3.63, 3.8) is 0 Å². The van der Waals surface area contributed by atoms with Gasteiger partial charge < -0.3 is 4.90 Å². The van der Waals surface area contributed by atoms with Gasteiger partial charge in [-0.15, -0.1) is 0 Å². The van der Waals surface area contributed by atoms with Gasteiger partial charge in [0.05, 0.1) is 10.9 Å². The minimum atomic E-state index is -3.51. The Morgan fingerprint density at radius 1 is 0.853 bits per heavy atom. The molecule has 0 unspecified atom stereocenters. The average Bonchev–Trinajstić information content (AvgIpc) is 3.12. The van der Waals surface area contributed by atoms with E-state index in [2.05, 4.69) is 34.0 Å². The Morgan fingerprint density at radius 3 is 2.09 bits per heavy atom. The van der Waals surface area contributed by atoms with E-state index in [9.17, 15) is 13.2 Å². The minimum Gasteiger partial charge on any atom is -0.335 e. The Labute approximate surface area is 201 Å². The summed E-state index contributed by atoms with van der Waals surface area (Å²) in [5.41, 5.74) is 2.78. The van der Waals surface area contributed by atoms with E-state index in [-0.39, 0.29) is 16.8 Å². The number of aliphatic imine (C=N–C) groups is 1. The molecule has 0 fully saturated rings. The van der Waals surface area contributed by atoms with Crippen molar-refractivity contribution in [2.75, 3.05) is 13.6 Å². The number of nitrogens with one attached hydrogen (secondary N) is 1. The number of fused-ring (bicyclic) bond motifs is 1. The maximum atomic E-state index is 13.0. The maximum Gasteiger partial charge on any atom is 0.263 e. The first-order valence-corrected chi connectivity index (χ1v) is 13.0. The van der Waals surface area contributed by atoms with Gasteiger partial charge in [-0.3, -0.25) is 14.5 Å². The first-order valence-electron chi connectivity index (χ1n) is 11.5. The molecule has 1 aliphatic rings. The molecule has 0 saturated carbocycles. The number of unbranched alkanes of at least 4 members (excludes halogenated alkanes) is 2. The Balaban J connectivity index is 1.30. The second kappa shape index (κ2) is 10.7. The number of carbonyl (C=O) groups excluding carboxylic acids is 1. The van der Waals surface area contributed by atoms with E-state index in [4.69, 9.17) is 0 Å². The van der Waals surface area contributed by atoms with Gasteiger partial charge in [0.2, 0.25) is 5.91 Å². The summed E-state index contributed by atoms with van der Waals surface area (Å²) >= 11 is 0. The molecule has 0 aliphatic carbocycles. The zero-order valence-corrected chi connectivity index (χ0v) is 20.0. The number of hydrogen-bond acceptors (Lipinski definition) is 4. The van der Waals surface area contributed by atoms with Gasteiger partial charge in [-0.25, -0.2) is 8.42 Å². The smallest absolute Gasteiger partial charge is 0.263 e. The highest BCUT2D eigenvalue weighted by Gasteiger charge is 2.29. The van der Waals surface area contributed by atoms with E-state index in [1.54, 1.807) is 24.3 Å². The van der Waals surface area contributed by atoms with E-state index < -0.39 is 10.0 Å². The van der Waals surface area contributed by atoms with Crippen molar-refractivity contribution in [3.8, 4) is 0 Å². The van der Waals surface area contributed by atoms with Crippen LogP contribution in [0.5, 0.6) is 0 Å². The molecule has 0 saturated heterocycles. The SMILES string of the molecule is CN(C(=O)CCCCCN=C1NS(=O)(=O)c2ccccc21)C(c1ccccc1)c1ccccc1. The first-order chi connectivity index (χ1) is 16.5.